The minimum absolute atomic E-state index is 0.598. The summed E-state index contributed by atoms with van der Waals surface area (Å²) in [4.78, 5) is 0. The number of hydrogen-bond donors (Lipinski definition) is 0. The second-order valence-corrected chi connectivity index (χ2v) is 4.05. The van der Waals surface area contributed by atoms with E-state index in [0.717, 1.165) is 11.4 Å². The summed E-state index contributed by atoms with van der Waals surface area (Å²) in [5.41, 5.74) is 1.34. The van der Waals surface area contributed by atoms with Gasteiger partial charge in [0.05, 0.1) is 0 Å². The molecule has 1 aromatic carbocycles. The van der Waals surface area contributed by atoms with E-state index >= 15 is 0 Å². The fourth-order valence-electron chi connectivity index (χ4n) is 1.60. The summed E-state index contributed by atoms with van der Waals surface area (Å²) in [7, 11) is 0. The summed E-state index contributed by atoms with van der Waals surface area (Å²) in [5.74, 6) is 0.598. The Kier molecular flexibility index (Phi) is 4.75. The van der Waals surface area contributed by atoms with Gasteiger partial charge in [-0.3, -0.25) is 0 Å². The zero-order chi connectivity index (χ0) is 10.4. The Labute approximate surface area is 91.6 Å². The van der Waals surface area contributed by atoms with Gasteiger partial charge in [0.1, 0.15) is 0 Å². The van der Waals surface area contributed by atoms with Gasteiger partial charge >= 0.3 is 0 Å². The van der Waals surface area contributed by atoms with Gasteiger partial charge < -0.3 is 0 Å². The highest BCUT2D eigenvalue weighted by atomic mass is 35.5. The topological polar surface area (TPSA) is 0 Å². The van der Waals surface area contributed by atoms with Gasteiger partial charge in [0, 0.05) is 5.02 Å². The molecule has 1 aromatic rings. The van der Waals surface area contributed by atoms with E-state index in [1.807, 2.05) is 12.1 Å². The van der Waals surface area contributed by atoms with Crippen molar-refractivity contribution in [3.8, 4) is 0 Å². The lowest BCUT2D eigenvalue weighted by molar-refractivity contribution is 0.579. The molecule has 0 bridgehead atoms. The number of allylic oxidation sites excluding steroid dienone is 1. The van der Waals surface area contributed by atoms with Crippen LogP contribution >= 0.6 is 11.6 Å². The molecule has 0 saturated carbocycles. The molecule has 0 heterocycles. The van der Waals surface area contributed by atoms with Crippen LogP contribution in [-0.4, -0.2) is 0 Å². The molecule has 0 radical (unpaired) electrons. The minimum Gasteiger partial charge on any atom is -0.103 e. The molecule has 0 aliphatic heterocycles. The van der Waals surface area contributed by atoms with Crippen molar-refractivity contribution in [3.63, 3.8) is 0 Å². The van der Waals surface area contributed by atoms with Crippen LogP contribution in [0.1, 0.15) is 25.3 Å². The van der Waals surface area contributed by atoms with Crippen molar-refractivity contribution < 1.29 is 0 Å². The van der Waals surface area contributed by atoms with Crippen molar-refractivity contribution in [2.24, 2.45) is 5.92 Å². The van der Waals surface area contributed by atoms with Crippen LogP contribution < -0.4 is 0 Å². The maximum Gasteiger partial charge on any atom is 0.0406 e. The van der Waals surface area contributed by atoms with Gasteiger partial charge in [-0.15, -0.1) is 6.58 Å². The molecule has 0 saturated heterocycles. The fourth-order valence-corrected chi connectivity index (χ4v) is 1.72. The maximum atomic E-state index is 5.82. The Bertz CT molecular complexity index is 274. The van der Waals surface area contributed by atoms with Crippen molar-refractivity contribution in [1.82, 2.24) is 0 Å². The first-order chi connectivity index (χ1) is 6.76. The predicted octanol–water partition coefficient (Wildman–Crippen LogP) is 4.48. The van der Waals surface area contributed by atoms with Crippen molar-refractivity contribution >= 4 is 11.6 Å². The Morgan fingerprint density at radius 1 is 1.36 bits per heavy atom. The minimum atomic E-state index is 0.598. The summed E-state index contributed by atoms with van der Waals surface area (Å²) in [6.45, 7) is 6.07. The lowest BCUT2D eigenvalue weighted by Crippen LogP contribution is -2.00. The predicted molar refractivity (Wildman–Crippen MR) is 63.8 cm³/mol. The molecule has 0 amide bonds. The molecular weight excluding hydrogens is 192 g/mol. The van der Waals surface area contributed by atoms with E-state index in [1.54, 1.807) is 0 Å². The fraction of sp³-hybridized carbons (Fsp3) is 0.385. The number of hydrogen-bond acceptors (Lipinski definition) is 0. The van der Waals surface area contributed by atoms with Crippen LogP contribution in [-0.2, 0) is 6.42 Å². The molecule has 1 atom stereocenters. The van der Waals surface area contributed by atoms with E-state index < -0.39 is 0 Å². The van der Waals surface area contributed by atoms with Gasteiger partial charge in [0.15, 0.2) is 0 Å². The first-order valence-electron chi connectivity index (χ1n) is 5.13. The molecule has 0 spiro atoms. The molecule has 14 heavy (non-hydrogen) atoms. The van der Waals surface area contributed by atoms with Crippen LogP contribution in [0.2, 0.25) is 5.02 Å². The third kappa shape index (κ3) is 3.55. The third-order valence-electron chi connectivity index (χ3n) is 2.40. The maximum absolute atomic E-state index is 5.82. The molecule has 76 valence electrons. The van der Waals surface area contributed by atoms with Gasteiger partial charge in [-0.25, -0.2) is 0 Å². The first-order valence-corrected chi connectivity index (χ1v) is 5.51. The Morgan fingerprint density at radius 2 is 2.00 bits per heavy atom. The van der Waals surface area contributed by atoms with Crippen LogP contribution in [0.4, 0.5) is 0 Å². The lowest BCUT2D eigenvalue weighted by atomic mass is 9.95. The first kappa shape index (κ1) is 11.3. The highest BCUT2D eigenvalue weighted by Gasteiger charge is 2.03. The SMILES string of the molecule is C=CC(CCC)Cc1ccc(Cl)cc1. The van der Waals surface area contributed by atoms with Crippen LogP contribution in [0.15, 0.2) is 36.9 Å². The Morgan fingerprint density at radius 3 is 2.50 bits per heavy atom. The molecule has 0 aromatic heterocycles. The number of benzene rings is 1. The van der Waals surface area contributed by atoms with E-state index in [4.69, 9.17) is 11.6 Å². The second-order valence-electron chi connectivity index (χ2n) is 3.62. The molecule has 1 heteroatoms. The lowest BCUT2D eigenvalue weighted by Gasteiger charge is -2.10. The molecule has 1 rings (SSSR count). The molecule has 0 aliphatic carbocycles. The Balaban J connectivity index is 2.57. The van der Waals surface area contributed by atoms with Gasteiger partial charge in [-0.1, -0.05) is 43.2 Å². The van der Waals surface area contributed by atoms with E-state index in [-0.39, 0.29) is 0 Å². The highest BCUT2D eigenvalue weighted by Crippen LogP contribution is 2.17. The van der Waals surface area contributed by atoms with Crippen LogP contribution in [0.25, 0.3) is 0 Å². The zero-order valence-electron chi connectivity index (χ0n) is 8.67. The van der Waals surface area contributed by atoms with Crippen molar-refractivity contribution in [2.75, 3.05) is 0 Å². The van der Waals surface area contributed by atoms with Gasteiger partial charge in [-0.2, -0.15) is 0 Å². The Hall–Kier alpha value is -0.750. The molecule has 0 nitrogen and oxygen atoms in total. The summed E-state index contributed by atoms with van der Waals surface area (Å²) < 4.78 is 0. The van der Waals surface area contributed by atoms with Gasteiger partial charge in [-0.05, 0) is 36.5 Å². The van der Waals surface area contributed by atoms with Crippen molar-refractivity contribution in [3.05, 3.63) is 47.5 Å². The van der Waals surface area contributed by atoms with E-state index in [2.05, 4.69) is 31.7 Å². The third-order valence-corrected chi connectivity index (χ3v) is 2.66. The smallest absolute Gasteiger partial charge is 0.0406 e. The quantitative estimate of drug-likeness (QED) is 0.626. The summed E-state index contributed by atoms with van der Waals surface area (Å²) >= 11 is 5.82. The summed E-state index contributed by atoms with van der Waals surface area (Å²) in [5, 5.41) is 0.805. The van der Waals surface area contributed by atoms with Crippen LogP contribution in [0.3, 0.4) is 0 Å². The van der Waals surface area contributed by atoms with E-state index in [0.29, 0.717) is 5.92 Å². The second kappa shape index (κ2) is 5.87. The molecular formula is C13H17Cl. The van der Waals surface area contributed by atoms with Gasteiger partial charge in [0.2, 0.25) is 0 Å². The number of rotatable bonds is 5. The van der Waals surface area contributed by atoms with Crippen molar-refractivity contribution in [1.29, 1.82) is 0 Å². The normalized spacial score (nSPS) is 12.4. The number of halogens is 1. The monoisotopic (exact) mass is 208 g/mol. The van der Waals surface area contributed by atoms with E-state index in [9.17, 15) is 0 Å². The highest BCUT2D eigenvalue weighted by molar-refractivity contribution is 6.30. The largest absolute Gasteiger partial charge is 0.103 e. The van der Waals surface area contributed by atoms with Crippen molar-refractivity contribution in [2.45, 2.75) is 26.2 Å². The van der Waals surface area contributed by atoms with E-state index in [1.165, 1.54) is 18.4 Å². The molecule has 0 fully saturated rings. The van der Waals surface area contributed by atoms with Crippen LogP contribution in [0.5, 0.6) is 0 Å². The molecule has 1 unspecified atom stereocenters. The average Bonchev–Trinajstić information content (AvgIpc) is 2.20. The zero-order valence-corrected chi connectivity index (χ0v) is 9.43. The summed E-state index contributed by atoms with van der Waals surface area (Å²) in [6.07, 6.45) is 5.56. The van der Waals surface area contributed by atoms with Crippen LogP contribution in [0, 0.1) is 5.92 Å². The average molecular weight is 209 g/mol. The van der Waals surface area contributed by atoms with Gasteiger partial charge in [0.25, 0.3) is 0 Å². The standard InChI is InChI=1S/C13H17Cl/c1-3-5-11(4-2)10-12-6-8-13(14)9-7-12/h4,6-9,11H,2-3,5,10H2,1H3. The molecule has 0 aliphatic rings. The summed E-state index contributed by atoms with van der Waals surface area (Å²) in [6, 6.07) is 8.08. The molecule has 0 N–H and O–H groups in total.